The Balaban J connectivity index is 1.56. The molecule has 6 heteroatoms. The van der Waals surface area contributed by atoms with Crippen LogP contribution in [0.2, 0.25) is 0 Å². The Bertz CT molecular complexity index is 751. The van der Waals surface area contributed by atoms with Gasteiger partial charge in [-0.25, -0.2) is 0 Å². The minimum Gasteiger partial charge on any atom is -0.385 e. The standard InChI is InChI=1S/C17H21N5O/c1-11(16-21-20-15-8-4-10-22(15)16)19-17(23)13-5-2-7-14-12(13)6-3-9-18-14/h2,5,7,11,18H,3-4,6,8-10H2,1H3,(H,19,23). The molecule has 0 saturated carbocycles. The molecule has 6 nitrogen and oxygen atoms in total. The van der Waals surface area contributed by atoms with Crippen molar-refractivity contribution in [3.63, 3.8) is 0 Å². The quantitative estimate of drug-likeness (QED) is 0.910. The molecule has 3 heterocycles. The van der Waals surface area contributed by atoms with Gasteiger partial charge in [-0.15, -0.1) is 10.2 Å². The fourth-order valence-electron chi connectivity index (χ4n) is 3.56. The van der Waals surface area contributed by atoms with Gasteiger partial charge >= 0.3 is 0 Å². The van der Waals surface area contributed by atoms with Crippen molar-refractivity contribution in [1.82, 2.24) is 20.1 Å². The van der Waals surface area contributed by atoms with Crippen LogP contribution in [0.25, 0.3) is 0 Å². The van der Waals surface area contributed by atoms with Gasteiger partial charge in [0.25, 0.3) is 5.91 Å². The number of nitrogens with one attached hydrogen (secondary N) is 2. The van der Waals surface area contributed by atoms with Crippen molar-refractivity contribution in [3.05, 3.63) is 41.0 Å². The fourth-order valence-corrected chi connectivity index (χ4v) is 3.56. The number of nitrogens with zero attached hydrogens (tertiary/aromatic N) is 3. The summed E-state index contributed by atoms with van der Waals surface area (Å²) in [6, 6.07) is 5.74. The van der Waals surface area contributed by atoms with Crippen LogP contribution in [-0.4, -0.2) is 27.2 Å². The first kappa shape index (κ1) is 14.2. The van der Waals surface area contributed by atoms with Crippen molar-refractivity contribution in [2.45, 2.75) is 45.2 Å². The largest absolute Gasteiger partial charge is 0.385 e. The van der Waals surface area contributed by atoms with Crippen molar-refractivity contribution in [1.29, 1.82) is 0 Å². The Morgan fingerprint density at radius 2 is 2.22 bits per heavy atom. The topological polar surface area (TPSA) is 71.8 Å². The van der Waals surface area contributed by atoms with E-state index >= 15 is 0 Å². The maximum Gasteiger partial charge on any atom is 0.252 e. The summed E-state index contributed by atoms with van der Waals surface area (Å²) in [6.07, 6.45) is 4.09. The number of anilines is 1. The van der Waals surface area contributed by atoms with E-state index in [1.807, 2.05) is 25.1 Å². The third kappa shape index (κ3) is 2.48. The molecular formula is C17H21N5O. The van der Waals surface area contributed by atoms with E-state index in [1.54, 1.807) is 0 Å². The van der Waals surface area contributed by atoms with Crippen LogP contribution in [-0.2, 0) is 19.4 Å². The van der Waals surface area contributed by atoms with Crippen molar-refractivity contribution >= 4 is 11.6 Å². The first-order chi connectivity index (χ1) is 11.2. The van der Waals surface area contributed by atoms with Gasteiger partial charge in [0.05, 0.1) is 6.04 Å². The molecule has 1 amide bonds. The molecule has 23 heavy (non-hydrogen) atoms. The zero-order valence-corrected chi connectivity index (χ0v) is 13.3. The molecule has 0 spiro atoms. The summed E-state index contributed by atoms with van der Waals surface area (Å²) in [5.74, 6) is 1.85. The van der Waals surface area contributed by atoms with Crippen molar-refractivity contribution < 1.29 is 4.79 Å². The molecule has 0 aliphatic carbocycles. The average molecular weight is 311 g/mol. The predicted octanol–water partition coefficient (Wildman–Crippen LogP) is 2.07. The molecule has 2 aliphatic heterocycles. The zero-order chi connectivity index (χ0) is 15.8. The molecule has 2 aromatic rings. The molecule has 120 valence electrons. The second-order valence-electron chi connectivity index (χ2n) is 6.29. The van der Waals surface area contributed by atoms with Crippen molar-refractivity contribution in [2.24, 2.45) is 0 Å². The number of rotatable bonds is 3. The molecule has 0 radical (unpaired) electrons. The minimum absolute atomic E-state index is 0.0339. The Labute approximate surface area is 135 Å². The number of benzene rings is 1. The first-order valence-corrected chi connectivity index (χ1v) is 8.32. The van der Waals surface area contributed by atoms with Crippen LogP contribution in [0.3, 0.4) is 0 Å². The lowest BCUT2D eigenvalue weighted by Crippen LogP contribution is -2.30. The van der Waals surface area contributed by atoms with E-state index in [1.165, 1.54) is 0 Å². The molecule has 1 atom stereocenters. The van der Waals surface area contributed by atoms with E-state index in [9.17, 15) is 4.79 Å². The summed E-state index contributed by atoms with van der Waals surface area (Å²) < 4.78 is 2.13. The smallest absolute Gasteiger partial charge is 0.252 e. The van der Waals surface area contributed by atoms with E-state index < -0.39 is 0 Å². The lowest BCUT2D eigenvalue weighted by molar-refractivity contribution is 0.0936. The molecule has 0 bridgehead atoms. The fraction of sp³-hybridized carbons (Fsp3) is 0.471. The second kappa shape index (κ2) is 5.68. The highest BCUT2D eigenvalue weighted by atomic mass is 16.1. The molecule has 1 unspecified atom stereocenters. The second-order valence-corrected chi connectivity index (χ2v) is 6.29. The van der Waals surface area contributed by atoms with Crippen LogP contribution in [0.5, 0.6) is 0 Å². The maximum absolute atomic E-state index is 12.7. The zero-order valence-electron chi connectivity index (χ0n) is 13.3. The number of aromatic nitrogens is 3. The highest BCUT2D eigenvalue weighted by molar-refractivity contribution is 5.97. The summed E-state index contributed by atoms with van der Waals surface area (Å²) in [6.45, 7) is 3.89. The van der Waals surface area contributed by atoms with Gasteiger partial charge in [-0.2, -0.15) is 0 Å². The van der Waals surface area contributed by atoms with Gasteiger partial charge in [-0.3, -0.25) is 4.79 Å². The van der Waals surface area contributed by atoms with Gasteiger partial charge in [0, 0.05) is 30.8 Å². The van der Waals surface area contributed by atoms with Gasteiger partial charge in [-0.05, 0) is 43.9 Å². The van der Waals surface area contributed by atoms with Gasteiger partial charge in [-0.1, -0.05) is 6.07 Å². The summed E-state index contributed by atoms with van der Waals surface area (Å²) in [4.78, 5) is 12.7. The highest BCUT2D eigenvalue weighted by Gasteiger charge is 2.24. The van der Waals surface area contributed by atoms with E-state index in [4.69, 9.17) is 0 Å². The Morgan fingerprint density at radius 3 is 3.13 bits per heavy atom. The van der Waals surface area contributed by atoms with Crippen LogP contribution < -0.4 is 10.6 Å². The third-order valence-corrected chi connectivity index (χ3v) is 4.71. The molecular weight excluding hydrogens is 290 g/mol. The molecule has 0 fully saturated rings. The SMILES string of the molecule is CC(NC(=O)c1cccc2c1CCCN2)c1nnc2n1CCC2. The van der Waals surface area contributed by atoms with Gasteiger partial charge in [0.1, 0.15) is 5.82 Å². The van der Waals surface area contributed by atoms with Crippen LogP contribution >= 0.6 is 0 Å². The third-order valence-electron chi connectivity index (χ3n) is 4.71. The molecule has 1 aromatic carbocycles. The predicted molar refractivity (Wildman–Crippen MR) is 87.5 cm³/mol. The van der Waals surface area contributed by atoms with E-state index in [0.29, 0.717) is 0 Å². The number of amides is 1. The van der Waals surface area contributed by atoms with Crippen LogP contribution in [0, 0.1) is 0 Å². The Hall–Kier alpha value is -2.37. The summed E-state index contributed by atoms with van der Waals surface area (Å²) in [5.41, 5.74) is 2.97. The molecule has 2 aliphatic rings. The average Bonchev–Trinajstić information content (AvgIpc) is 3.17. The highest BCUT2D eigenvalue weighted by Crippen LogP contribution is 2.26. The number of carbonyl (C=O) groups excluding carboxylic acids is 1. The normalized spacial score (nSPS) is 17.1. The molecule has 4 rings (SSSR count). The van der Waals surface area contributed by atoms with Crippen molar-refractivity contribution in [3.8, 4) is 0 Å². The maximum atomic E-state index is 12.7. The lowest BCUT2D eigenvalue weighted by Gasteiger charge is -2.21. The summed E-state index contributed by atoms with van der Waals surface area (Å²) in [5, 5.41) is 14.9. The van der Waals surface area contributed by atoms with Crippen LogP contribution in [0.15, 0.2) is 18.2 Å². The lowest BCUT2D eigenvalue weighted by atomic mass is 9.97. The Morgan fingerprint density at radius 1 is 1.30 bits per heavy atom. The van der Waals surface area contributed by atoms with E-state index in [0.717, 1.165) is 67.2 Å². The monoisotopic (exact) mass is 311 g/mol. The Kier molecular flexibility index (Phi) is 3.52. The number of aryl methyl sites for hydroxylation is 1. The number of hydrogen-bond donors (Lipinski definition) is 2. The number of hydrogen-bond acceptors (Lipinski definition) is 4. The van der Waals surface area contributed by atoms with Crippen LogP contribution in [0.4, 0.5) is 5.69 Å². The molecule has 0 saturated heterocycles. The van der Waals surface area contributed by atoms with Gasteiger partial charge < -0.3 is 15.2 Å². The van der Waals surface area contributed by atoms with E-state index in [2.05, 4.69) is 25.4 Å². The van der Waals surface area contributed by atoms with Gasteiger partial charge in [0.15, 0.2) is 5.82 Å². The minimum atomic E-state index is -0.144. The number of fused-ring (bicyclic) bond motifs is 2. The van der Waals surface area contributed by atoms with Crippen molar-refractivity contribution in [2.75, 3.05) is 11.9 Å². The molecule has 2 N–H and O–H groups in total. The molecule has 1 aromatic heterocycles. The van der Waals surface area contributed by atoms with Gasteiger partial charge in [0.2, 0.25) is 0 Å². The van der Waals surface area contributed by atoms with E-state index in [-0.39, 0.29) is 11.9 Å². The first-order valence-electron chi connectivity index (χ1n) is 8.32. The summed E-state index contributed by atoms with van der Waals surface area (Å²) in [7, 11) is 0. The number of carbonyl (C=O) groups is 1. The van der Waals surface area contributed by atoms with Crippen LogP contribution in [0.1, 0.15) is 53.4 Å². The summed E-state index contributed by atoms with van der Waals surface area (Å²) >= 11 is 0.